The van der Waals surface area contributed by atoms with E-state index in [2.05, 4.69) is 17.1 Å². The van der Waals surface area contributed by atoms with E-state index in [4.69, 9.17) is 0 Å². The molecule has 0 aromatic heterocycles. The number of benzene rings is 1. The minimum atomic E-state index is -0.0132. The van der Waals surface area contributed by atoms with Crippen LogP contribution >= 0.6 is 0 Å². The minimum absolute atomic E-state index is 0.0132. The number of carbonyl (C=O) groups excluding carboxylic acids is 2. The summed E-state index contributed by atoms with van der Waals surface area (Å²) in [5, 5.41) is 2.58. The first-order chi connectivity index (χ1) is 9.26. The average molecular weight is 261 g/mol. The number of rotatable bonds is 4. The Morgan fingerprint density at radius 1 is 1.26 bits per heavy atom. The van der Waals surface area contributed by atoms with E-state index in [1.54, 1.807) is 18.2 Å². The largest absolute Gasteiger partial charge is 0.336 e. The summed E-state index contributed by atoms with van der Waals surface area (Å²) in [6, 6.07) is 7.10. The van der Waals surface area contributed by atoms with Gasteiger partial charge in [-0.1, -0.05) is 19.1 Å². The van der Waals surface area contributed by atoms with Crippen LogP contribution in [0.25, 0.3) is 0 Å². The topological polar surface area (TPSA) is 52.6 Å². The van der Waals surface area contributed by atoms with Crippen molar-refractivity contribution in [1.82, 2.24) is 9.80 Å². The molecule has 1 aliphatic heterocycles. The Hall–Kier alpha value is -1.88. The van der Waals surface area contributed by atoms with Gasteiger partial charge in [-0.3, -0.25) is 9.59 Å². The first-order valence-corrected chi connectivity index (χ1v) is 6.57. The Morgan fingerprint density at radius 2 is 1.95 bits per heavy atom. The van der Waals surface area contributed by atoms with Gasteiger partial charge in [0.25, 0.3) is 5.91 Å². The zero-order chi connectivity index (χ0) is 13.7. The third-order valence-corrected chi connectivity index (χ3v) is 3.48. The third kappa shape index (κ3) is 3.12. The Labute approximate surface area is 113 Å². The van der Waals surface area contributed by atoms with E-state index in [9.17, 15) is 9.59 Å². The van der Waals surface area contributed by atoms with Crippen LogP contribution < -0.4 is 5.32 Å². The number of piperazine rings is 1. The summed E-state index contributed by atoms with van der Waals surface area (Å²) in [5.41, 5.74) is 1.12. The van der Waals surface area contributed by atoms with Crippen molar-refractivity contribution in [1.29, 1.82) is 0 Å². The van der Waals surface area contributed by atoms with Gasteiger partial charge in [-0.2, -0.15) is 0 Å². The second-order valence-corrected chi connectivity index (χ2v) is 4.53. The number of amides is 2. The van der Waals surface area contributed by atoms with Gasteiger partial charge in [-0.15, -0.1) is 0 Å². The number of hydrogen-bond donors (Lipinski definition) is 1. The maximum absolute atomic E-state index is 12.4. The first kappa shape index (κ1) is 13.5. The van der Waals surface area contributed by atoms with Gasteiger partial charge in [0.2, 0.25) is 6.41 Å². The van der Waals surface area contributed by atoms with Gasteiger partial charge < -0.3 is 15.1 Å². The fraction of sp³-hybridized carbons (Fsp3) is 0.429. The van der Waals surface area contributed by atoms with Crippen LogP contribution in [0.2, 0.25) is 0 Å². The Bertz CT molecular complexity index is 454. The third-order valence-electron chi connectivity index (χ3n) is 3.48. The molecule has 0 aliphatic carbocycles. The summed E-state index contributed by atoms with van der Waals surface area (Å²) in [6.07, 6.45) is 0.598. The number of nitrogens with zero attached hydrogens (tertiary/aromatic N) is 2. The Morgan fingerprint density at radius 3 is 2.58 bits per heavy atom. The van der Waals surface area contributed by atoms with E-state index < -0.39 is 0 Å². The van der Waals surface area contributed by atoms with Crippen molar-refractivity contribution in [3.8, 4) is 0 Å². The SMILES string of the molecule is CCN1CCN(C(=O)c2ccccc2NC=O)CC1. The summed E-state index contributed by atoms with van der Waals surface area (Å²) >= 11 is 0. The molecule has 0 unspecified atom stereocenters. The van der Waals surface area contributed by atoms with Crippen LogP contribution in [0.15, 0.2) is 24.3 Å². The van der Waals surface area contributed by atoms with Crippen molar-refractivity contribution in [3.05, 3.63) is 29.8 Å². The van der Waals surface area contributed by atoms with Crippen LogP contribution in [0.3, 0.4) is 0 Å². The van der Waals surface area contributed by atoms with Gasteiger partial charge in [0.05, 0.1) is 11.3 Å². The van der Waals surface area contributed by atoms with Crippen molar-refractivity contribution >= 4 is 18.0 Å². The van der Waals surface area contributed by atoms with Crippen LogP contribution in [0.4, 0.5) is 5.69 Å². The van der Waals surface area contributed by atoms with E-state index >= 15 is 0 Å². The maximum atomic E-state index is 12.4. The quantitative estimate of drug-likeness (QED) is 0.824. The van der Waals surface area contributed by atoms with E-state index in [0.29, 0.717) is 17.7 Å². The number of para-hydroxylation sites is 1. The molecule has 1 aliphatic rings. The monoisotopic (exact) mass is 261 g/mol. The molecule has 1 heterocycles. The molecule has 0 saturated carbocycles. The molecular formula is C14H19N3O2. The zero-order valence-electron chi connectivity index (χ0n) is 11.1. The lowest BCUT2D eigenvalue weighted by atomic mass is 10.1. The molecule has 1 saturated heterocycles. The molecule has 5 heteroatoms. The predicted molar refractivity (Wildman–Crippen MR) is 74.1 cm³/mol. The van der Waals surface area contributed by atoms with Gasteiger partial charge in [-0.25, -0.2) is 0 Å². The highest BCUT2D eigenvalue weighted by Crippen LogP contribution is 2.17. The number of hydrogen-bond acceptors (Lipinski definition) is 3. The van der Waals surface area contributed by atoms with Crippen molar-refractivity contribution < 1.29 is 9.59 Å². The van der Waals surface area contributed by atoms with E-state index in [-0.39, 0.29) is 5.91 Å². The highest BCUT2D eigenvalue weighted by atomic mass is 16.2. The molecular weight excluding hydrogens is 242 g/mol. The second kappa shape index (κ2) is 6.33. The first-order valence-electron chi connectivity index (χ1n) is 6.57. The molecule has 2 rings (SSSR count). The molecule has 2 amide bonds. The summed E-state index contributed by atoms with van der Waals surface area (Å²) in [4.78, 5) is 27.2. The van der Waals surface area contributed by atoms with Crippen LogP contribution in [0.5, 0.6) is 0 Å². The summed E-state index contributed by atoms with van der Waals surface area (Å²) in [5.74, 6) is -0.0132. The molecule has 0 radical (unpaired) electrons. The summed E-state index contributed by atoms with van der Waals surface area (Å²) in [7, 11) is 0. The summed E-state index contributed by atoms with van der Waals surface area (Å²) in [6.45, 7) is 6.44. The molecule has 1 N–H and O–H groups in total. The average Bonchev–Trinajstić information content (AvgIpc) is 2.47. The molecule has 5 nitrogen and oxygen atoms in total. The lowest BCUT2D eigenvalue weighted by Crippen LogP contribution is -2.48. The highest BCUT2D eigenvalue weighted by molar-refractivity contribution is 6.01. The van der Waals surface area contributed by atoms with Gasteiger partial charge in [0.15, 0.2) is 0 Å². The normalized spacial score (nSPS) is 16.2. The molecule has 1 aromatic carbocycles. The smallest absolute Gasteiger partial charge is 0.256 e. The van der Waals surface area contributed by atoms with Gasteiger partial charge >= 0.3 is 0 Å². The molecule has 0 bridgehead atoms. The number of anilines is 1. The zero-order valence-corrected chi connectivity index (χ0v) is 11.1. The summed E-state index contributed by atoms with van der Waals surface area (Å²) < 4.78 is 0. The standard InChI is InChI=1S/C14H19N3O2/c1-2-16-7-9-17(10-8-16)14(19)12-5-3-4-6-13(12)15-11-18/h3-6,11H,2,7-10H2,1H3,(H,15,18). The van der Waals surface area contributed by atoms with Gasteiger partial charge in [0, 0.05) is 26.2 Å². The molecule has 0 spiro atoms. The van der Waals surface area contributed by atoms with E-state index in [1.165, 1.54) is 0 Å². The highest BCUT2D eigenvalue weighted by Gasteiger charge is 2.22. The van der Waals surface area contributed by atoms with Crippen LogP contribution in [0, 0.1) is 0 Å². The van der Waals surface area contributed by atoms with Gasteiger partial charge in [0.1, 0.15) is 0 Å². The fourth-order valence-corrected chi connectivity index (χ4v) is 2.30. The lowest BCUT2D eigenvalue weighted by Gasteiger charge is -2.34. The number of nitrogens with one attached hydrogen (secondary N) is 1. The van der Waals surface area contributed by atoms with Crippen LogP contribution in [0.1, 0.15) is 17.3 Å². The van der Waals surface area contributed by atoms with E-state index in [0.717, 1.165) is 32.7 Å². The fourth-order valence-electron chi connectivity index (χ4n) is 2.30. The molecule has 1 fully saturated rings. The Kier molecular flexibility index (Phi) is 4.52. The molecule has 0 atom stereocenters. The maximum Gasteiger partial charge on any atom is 0.256 e. The van der Waals surface area contributed by atoms with E-state index in [1.807, 2.05) is 11.0 Å². The number of carbonyl (C=O) groups is 2. The minimum Gasteiger partial charge on any atom is -0.336 e. The van der Waals surface area contributed by atoms with Crippen molar-refractivity contribution in [2.75, 3.05) is 38.0 Å². The molecule has 1 aromatic rings. The lowest BCUT2D eigenvalue weighted by molar-refractivity contribution is -0.105. The van der Waals surface area contributed by atoms with Crippen LogP contribution in [-0.2, 0) is 4.79 Å². The second-order valence-electron chi connectivity index (χ2n) is 4.53. The molecule has 102 valence electrons. The number of likely N-dealkylation sites (N-methyl/N-ethyl adjacent to an activating group) is 1. The van der Waals surface area contributed by atoms with Gasteiger partial charge in [-0.05, 0) is 18.7 Å². The van der Waals surface area contributed by atoms with Crippen molar-refractivity contribution in [2.24, 2.45) is 0 Å². The van der Waals surface area contributed by atoms with Crippen molar-refractivity contribution in [3.63, 3.8) is 0 Å². The van der Waals surface area contributed by atoms with Crippen molar-refractivity contribution in [2.45, 2.75) is 6.92 Å². The Balaban J connectivity index is 2.10. The van der Waals surface area contributed by atoms with Crippen LogP contribution in [-0.4, -0.2) is 54.8 Å². The predicted octanol–water partition coefficient (Wildman–Crippen LogP) is 1.03. The molecule has 19 heavy (non-hydrogen) atoms.